The van der Waals surface area contributed by atoms with Gasteiger partial charge in [0, 0.05) is 31.0 Å². The maximum Gasteiger partial charge on any atom is 0.238 e. The van der Waals surface area contributed by atoms with Crippen LogP contribution < -0.4 is 11.1 Å². The van der Waals surface area contributed by atoms with Gasteiger partial charge in [-0.25, -0.2) is 0 Å². The molecule has 2 amide bonds. The number of carbonyl (C=O) groups is 2. The van der Waals surface area contributed by atoms with E-state index in [0.717, 1.165) is 17.0 Å². The van der Waals surface area contributed by atoms with E-state index in [1.165, 1.54) is 17.3 Å². The number of hydrogen-bond donors (Lipinski definition) is 2. The van der Waals surface area contributed by atoms with Crippen LogP contribution in [0, 0.1) is 0 Å². The van der Waals surface area contributed by atoms with Gasteiger partial charge in [0.15, 0.2) is 0 Å². The highest BCUT2D eigenvalue weighted by molar-refractivity contribution is 8.01. The molecule has 0 bridgehead atoms. The van der Waals surface area contributed by atoms with E-state index in [-0.39, 0.29) is 30.6 Å². The molecule has 0 saturated heterocycles. The molecule has 27 heavy (non-hydrogen) atoms. The third-order valence-electron chi connectivity index (χ3n) is 4.33. The summed E-state index contributed by atoms with van der Waals surface area (Å²) in [6.07, 6.45) is 0.957. The van der Waals surface area contributed by atoms with Crippen molar-refractivity contribution >= 4 is 41.7 Å². The third-order valence-corrected chi connectivity index (χ3v) is 5.61. The lowest BCUT2D eigenvalue weighted by atomic mass is 10.1. The number of nitrogens with two attached hydrogens (primary N) is 1. The molecule has 0 radical (unpaired) electrons. The molecule has 0 fully saturated rings. The number of nitrogens with zero attached hydrogens (tertiary/aromatic N) is 1. The summed E-state index contributed by atoms with van der Waals surface area (Å²) in [5.41, 5.74) is 7.68. The number of thioether (sulfide) groups is 1. The van der Waals surface area contributed by atoms with Crippen molar-refractivity contribution in [1.29, 1.82) is 0 Å². The van der Waals surface area contributed by atoms with Crippen LogP contribution in [0.1, 0.15) is 12.0 Å². The van der Waals surface area contributed by atoms with Crippen LogP contribution in [0.5, 0.6) is 0 Å². The highest BCUT2D eigenvalue weighted by atomic mass is 35.5. The molecule has 1 unspecified atom stereocenters. The first-order chi connectivity index (χ1) is 12.7. The predicted molar refractivity (Wildman–Crippen MR) is 112 cm³/mol. The fourth-order valence-electron chi connectivity index (χ4n) is 2.94. The Morgan fingerprint density at radius 2 is 1.78 bits per heavy atom. The zero-order chi connectivity index (χ0) is 18.4. The molecule has 1 aliphatic rings. The van der Waals surface area contributed by atoms with Crippen molar-refractivity contribution in [2.45, 2.75) is 23.0 Å². The average molecular weight is 406 g/mol. The van der Waals surface area contributed by atoms with Gasteiger partial charge in [0.2, 0.25) is 11.8 Å². The summed E-state index contributed by atoms with van der Waals surface area (Å²) >= 11 is 1.45. The number of hydrogen-bond acceptors (Lipinski definition) is 4. The number of fused-ring (bicyclic) bond motifs is 1. The Morgan fingerprint density at radius 3 is 2.52 bits per heavy atom. The van der Waals surface area contributed by atoms with Gasteiger partial charge >= 0.3 is 0 Å². The standard InChI is InChI=1S/C20H23N3O2S.ClH/c21-11-13-23(12-10-15-6-2-1-3-7-15)19(24)14-18-20(25)22-16-8-4-5-9-17(16)26-18;/h1-9,18H,10-14,21H2,(H,22,25);1H. The second-order valence-corrected chi connectivity index (χ2v) is 7.45. The van der Waals surface area contributed by atoms with Crippen molar-refractivity contribution < 1.29 is 9.59 Å². The van der Waals surface area contributed by atoms with Crippen molar-refractivity contribution in [3.8, 4) is 0 Å². The first-order valence-electron chi connectivity index (χ1n) is 8.75. The number of halogens is 1. The SMILES string of the molecule is Cl.NCCN(CCc1ccccc1)C(=O)CC1Sc2ccccc2NC1=O. The van der Waals surface area contributed by atoms with E-state index in [0.29, 0.717) is 19.6 Å². The van der Waals surface area contributed by atoms with E-state index < -0.39 is 5.25 Å². The van der Waals surface area contributed by atoms with Crippen molar-refractivity contribution in [2.24, 2.45) is 5.73 Å². The van der Waals surface area contributed by atoms with Crippen LogP contribution in [0.15, 0.2) is 59.5 Å². The van der Waals surface area contributed by atoms with Crippen LogP contribution in [0.3, 0.4) is 0 Å². The maximum absolute atomic E-state index is 12.8. The highest BCUT2D eigenvalue weighted by Crippen LogP contribution is 2.36. The van der Waals surface area contributed by atoms with Crippen LogP contribution in [0.2, 0.25) is 0 Å². The summed E-state index contributed by atoms with van der Waals surface area (Å²) in [4.78, 5) is 27.8. The van der Waals surface area contributed by atoms with Gasteiger partial charge < -0.3 is 16.0 Å². The van der Waals surface area contributed by atoms with Crippen LogP contribution >= 0.6 is 24.2 Å². The van der Waals surface area contributed by atoms with Gasteiger partial charge in [-0.3, -0.25) is 9.59 Å². The molecular formula is C20H24ClN3O2S. The van der Waals surface area contributed by atoms with Crippen LogP contribution in [-0.2, 0) is 16.0 Å². The zero-order valence-electron chi connectivity index (χ0n) is 15.0. The molecule has 3 N–H and O–H groups in total. The molecular weight excluding hydrogens is 382 g/mol. The monoisotopic (exact) mass is 405 g/mol. The number of rotatable bonds is 7. The van der Waals surface area contributed by atoms with E-state index in [9.17, 15) is 9.59 Å². The second kappa shape index (κ2) is 10.3. The molecule has 3 rings (SSSR count). The first kappa shape index (κ1) is 21.3. The second-order valence-electron chi connectivity index (χ2n) is 6.20. The summed E-state index contributed by atoms with van der Waals surface area (Å²) in [5.74, 6) is -0.142. The van der Waals surface area contributed by atoms with Gasteiger partial charge in [0.05, 0.1) is 10.9 Å². The Morgan fingerprint density at radius 1 is 1.07 bits per heavy atom. The van der Waals surface area contributed by atoms with Crippen molar-refractivity contribution in [2.75, 3.05) is 25.0 Å². The number of para-hydroxylation sites is 1. The minimum Gasteiger partial charge on any atom is -0.341 e. The molecule has 1 heterocycles. The zero-order valence-corrected chi connectivity index (χ0v) is 16.6. The van der Waals surface area contributed by atoms with Gasteiger partial charge in [0.25, 0.3) is 0 Å². The van der Waals surface area contributed by atoms with Crippen LogP contribution in [-0.4, -0.2) is 41.6 Å². The van der Waals surface area contributed by atoms with Crippen molar-refractivity contribution in [3.05, 3.63) is 60.2 Å². The summed E-state index contributed by atoms with van der Waals surface area (Å²) in [6, 6.07) is 17.7. The minimum absolute atomic E-state index is 0. The normalized spacial score (nSPS) is 15.3. The Bertz CT molecular complexity index is 773. The number of benzene rings is 2. The topological polar surface area (TPSA) is 75.4 Å². The summed E-state index contributed by atoms with van der Waals surface area (Å²) in [5, 5.41) is 2.48. The van der Waals surface area contributed by atoms with Crippen molar-refractivity contribution in [3.63, 3.8) is 0 Å². The van der Waals surface area contributed by atoms with Crippen molar-refractivity contribution in [1.82, 2.24) is 4.90 Å². The van der Waals surface area contributed by atoms with Gasteiger partial charge in [-0.15, -0.1) is 24.2 Å². The highest BCUT2D eigenvalue weighted by Gasteiger charge is 2.30. The van der Waals surface area contributed by atoms with Crippen LogP contribution in [0.25, 0.3) is 0 Å². The van der Waals surface area contributed by atoms with Gasteiger partial charge in [-0.05, 0) is 24.1 Å². The summed E-state index contributed by atoms with van der Waals surface area (Å²) < 4.78 is 0. The molecule has 1 aliphatic heterocycles. The van der Waals surface area contributed by atoms with Gasteiger partial charge in [-0.2, -0.15) is 0 Å². The largest absolute Gasteiger partial charge is 0.341 e. The summed E-state index contributed by atoms with van der Waals surface area (Å²) in [7, 11) is 0. The number of anilines is 1. The van der Waals surface area contributed by atoms with E-state index in [1.54, 1.807) is 4.90 Å². The average Bonchev–Trinajstić information content (AvgIpc) is 2.66. The molecule has 0 aromatic heterocycles. The van der Waals surface area contributed by atoms with Crippen LogP contribution in [0.4, 0.5) is 5.69 Å². The number of carbonyl (C=O) groups excluding carboxylic acids is 2. The molecule has 1 atom stereocenters. The lowest BCUT2D eigenvalue weighted by Gasteiger charge is -2.27. The molecule has 144 valence electrons. The summed E-state index contributed by atoms with van der Waals surface area (Å²) in [6.45, 7) is 1.52. The minimum atomic E-state index is -0.408. The molecule has 0 spiro atoms. The van der Waals surface area contributed by atoms with Gasteiger partial charge in [0.1, 0.15) is 0 Å². The van der Waals surface area contributed by atoms with E-state index >= 15 is 0 Å². The van der Waals surface area contributed by atoms with E-state index in [4.69, 9.17) is 5.73 Å². The molecule has 2 aromatic carbocycles. The van der Waals surface area contributed by atoms with E-state index in [2.05, 4.69) is 5.32 Å². The Kier molecular flexibility index (Phi) is 8.16. The Labute approximate surface area is 170 Å². The van der Waals surface area contributed by atoms with Gasteiger partial charge in [-0.1, -0.05) is 42.5 Å². The number of amides is 2. The molecule has 2 aromatic rings. The Balaban J connectivity index is 0.00000261. The number of nitrogens with one attached hydrogen (secondary N) is 1. The lowest BCUT2D eigenvalue weighted by Crippen LogP contribution is -2.40. The van der Waals surface area contributed by atoms with E-state index in [1.807, 2.05) is 54.6 Å². The predicted octanol–water partition coefficient (Wildman–Crippen LogP) is 2.94. The fourth-order valence-corrected chi connectivity index (χ4v) is 4.04. The first-order valence-corrected chi connectivity index (χ1v) is 9.63. The third kappa shape index (κ3) is 5.73. The molecule has 0 aliphatic carbocycles. The smallest absolute Gasteiger partial charge is 0.238 e. The lowest BCUT2D eigenvalue weighted by molar-refractivity contribution is -0.132. The molecule has 7 heteroatoms. The molecule has 0 saturated carbocycles. The molecule has 5 nitrogen and oxygen atoms in total. The Hall–Kier alpha value is -2.02. The maximum atomic E-state index is 12.8. The quantitative estimate of drug-likeness (QED) is 0.742. The fraction of sp³-hybridized carbons (Fsp3) is 0.300.